The molecule has 1 N–H and O–H groups in total. The Morgan fingerprint density at radius 2 is 2.00 bits per heavy atom. The molecule has 0 spiro atoms. The second-order valence-corrected chi connectivity index (χ2v) is 5.42. The highest BCUT2D eigenvalue weighted by Crippen LogP contribution is 2.29. The highest BCUT2D eigenvalue weighted by Gasteiger charge is 2.07. The van der Waals surface area contributed by atoms with E-state index in [0.29, 0.717) is 15.4 Å². The molecule has 0 fully saturated rings. The third-order valence-electron chi connectivity index (χ3n) is 2.17. The van der Waals surface area contributed by atoms with Crippen molar-refractivity contribution in [3.05, 3.63) is 44.2 Å². The van der Waals surface area contributed by atoms with E-state index < -0.39 is 0 Å². The second-order valence-electron chi connectivity index (χ2n) is 3.42. The van der Waals surface area contributed by atoms with Gasteiger partial charge in [-0.1, -0.05) is 27.5 Å². The summed E-state index contributed by atoms with van der Waals surface area (Å²) in [6, 6.07) is 5.96. The molecule has 1 aromatic carbocycles. The molecule has 0 bridgehead atoms. The smallest absolute Gasteiger partial charge is 0.149 e. The minimum atomic E-state index is 0.385. The SMILES string of the molecule is Cc1cc(Nc2ncnc(Cl)c2Br)ccc1Br. The molecule has 0 unspecified atom stereocenters. The second kappa shape index (κ2) is 5.33. The van der Waals surface area contributed by atoms with Crippen LogP contribution in [-0.4, -0.2) is 9.97 Å². The van der Waals surface area contributed by atoms with Crippen LogP contribution in [0.3, 0.4) is 0 Å². The highest BCUT2D eigenvalue weighted by atomic mass is 79.9. The van der Waals surface area contributed by atoms with Crippen molar-refractivity contribution in [3.63, 3.8) is 0 Å². The van der Waals surface area contributed by atoms with Crippen LogP contribution in [0.4, 0.5) is 11.5 Å². The summed E-state index contributed by atoms with van der Waals surface area (Å²) in [4.78, 5) is 7.99. The Labute approximate surface area is 121 Å². The van der Waals surface area contributed by atoms with Crippen molar-refractivity contribution in [1.29, 1.82) is 0 Å². The van der Waals surface area contributed by atoms with Crippen molar-refractivity contribution in [2.45, 2.75) is 6.92 Å². The number of anilines is 2. The Morgan fingerprint density at radius 1 is 1.24 bits per heavy atom. The van der Waals surface area contributed by atoms with Crippen LogP contribution in [0.2, 0.25) is 5.15 Å². The van der Waals surface area contributed by atoms with Gasteiger partial charge in [-0.15, -0.1) is 0 Å². The lowest BCUT2D eigenvalue weighted by Gasteiger charge is -2.09. The fourth-order valence-corrected chi connectivity index (χ4v) is 1.98. The van der Waals surface area contributed by atoms with Crippen LogP contribution < -0.4 is 5.32 Å². The van der Waals surface area contributed by atoms with Gasteiger partial charge >= 0.3 is 0 Å². The Balaban J connectivity index is 2.31. The van der Waals surface area contributed by atoms with Crippen LogP contribution in [0.1, 0.15) is 5.56 Å². The third-order valence-corrected chi connectivity index (χ3v) is 4.32. The van der Waals surface area contributed by atoms with Gasteiger partial charge in [0, 0.05) is 10.2 Å². The summed E-state index contributed by atoms with van der Waals surface area (Å²) in [5.41, 5.74) is 2.09. The van der Waals surface area contributed by atoms with Gasteiger partial charge in [-0.05, 0) is 46.6 Å². The molecular weight excluding hydrogens is 369 g/mol. The number of aryl methyl sites for hydroxylation is 1. The van der Waals surface area contributed by atoms with Crippen molar-refractivity contribution in [2.75, 3.05) is 5.32 Å². The first-order chi connectivity index (χ1) is 8.08. The Morgan fingerprint density at radius 3 is 2.71 bits per heavy atom. The van der Waals surface area contributed by atoms with Crippen molar-refractivity contribution in [1.82, 2.24) is 9.97 Å². The minimum Gasteiger partial charge on any atom is -0.339 e. The van der Waals surface area contributed by atoms with Gasteiger partial charge in [0.1, 0.15) is 17.3 Å². The molecule has 2 rings (SSSR count). The molecule has 6 heteroatoms. The van der Waals surface area contributed by atoms with E-state index >= 15 is 0 Å². The van der Waals surface area contributed by atoms with E-state index in [9.17, 15) is 0 Å². The summed E-state index contributed by atoms with van der Waals surface area (Å²) in [7, 11) is 0. The van der Waals surface area contributed by atoms with E-state index in [0.717, 1.165) is 15.7 Å². The molecule has 1 heterocycles. The molecule has 0 atom stereocenters. The maximum absolute atomic E-state index is 5.89. The Bertz CT molecular complexity index is 560. The number of aromatic nitrogens is 2. The number of hydrogen-bond acceptors (Lipinski definition) is 3. The lowest BCUT2D eigenvalue weighted by Crippen LogP contribution is -1.96. The monoisotopic (exact) mass is 375 g/mol. The van der Waals surface area contributed by atoms with Crippen molar-refractivity contribution in [2.24, 2.45) is 0 Å². The lowest BCUT2D eigenvalue weighted by molar-refractivity contribution is 1.15. The van der Waals surface area contributed by atoms with Crippen LogP contribution in [0, 0.1) is 6.92 Å². The van der Waals surface area contributed by atoms with Crippen molar-refractivity contribution >= 4 is 55.0 Å². The number of rotatable bonds is 2. The van der Waals surface area contributed by atoms with E-state index in [1.807, 2.05) is 25.1 Å². The third kappa shape index (κ3) is 2.97. The Kier molecular flexibility index (Phi) is 4.01. The first-order valence-electron chi connectivity index (χ1n) is 4.77. The van der Waals surface area contributed by atoms with Gasteiger partial charge in [-0.3, -0.25) is 0 Å². The quantitative estimate of drug-likeness (QED) is 0.771. The molecule has 2 aromatic rings. The van der Waals surface area contributed by atoms with Crippen LogP contribution in [-0.2, 0) is 0 Å². The zero-order valence-corrected chi connectivity index (χ0v) is 12.8. The number of hydrogen-bond donors (Lipinski definition) is 1. The molecule has 0 aliphatic carbocycles. The molecule has 0 amide bonds. The van der Waals surface area contributed by atoms with Crippen LogP contribution in [0.25, 0.3) is 0 Å². The molecular formula is C11H8Br2ClN3. The summed E-state index contributed by atoms with van der Waals surface area (Å²) >= 11 is 12.7. The summed E-state index contributed by atoms with van der Waals surface area (Å²) < 4.78 is 1.73. The zero-order chi connectivity index (χ0) is 12.4. The zero-order valence-electron chi connectivity index (χ0n) is 8.84. The van der Waals surface area contributed by atoms with E-state index in [2.05, 4.69) is 47.1 Å². The predicted octanol–water partition coefficient (Wildman–Crippen LogP) is 4.71. The molecule has 0 radical (unpaired) electrons. The van der Waals surface area contributed by atoms with Gasteiger partial charge in [0.15, 0.2) is 0 Å². The lowest BCUT2D eigenvalue weighted by atomic mass is 10.2. The fourth-order valence-electron chi connectivity index (χ4n) is 1.29. The average Bonchev–Trinajstić information content (AvgIpc) is 2.30. The molecule has 1 aromatic heterocycles. The van der Waals surface area contributed by atoms with Gasteiger partial charge in [-0.2, -0.15) is 0 Å². The van der Waals surface area contributed by atoms with Crippen LogP contribution in [0.5, 0.6) is 0 Å². The average molecular weight is 377 g/mol. The molecule has 17 heavy (non-hydrogen) atoms. The number of halogens is 3. The van der Waals surface area contributed by atoms with Gasteiger partial charge in [0.25, 0.3) is 0 Å². The number of nitrogens with zero attached hydrogens (tertiary/aromatic N) is 2. The van der Waals surface area contributed by atoms with Crippen molar-refractivity contribution in [3.8, 4) is 0 Å². The first kappa shape index (κ1) is 12.8. The van der Waals surface area contributed by atoms with Gasteiger partial charge in [-0.25, -0.2) is 9.97 Å². The molecule has 0 saturated carbocycles. The van der Waals surface area contributed by atoms with Crippen LogP contribution in [0.15, 0.2) is 33.5 Å². The fraction of sp³-hybridized carbons (Fsp3) is 0.0909. The van der Waals surface area contributed by atoms with E-state index in [1.165, 1.54) is 6.33 Å². The van der Waals surface area contributed by atoms with Gasteiger partial charge in [0.2, 0.25) is 0 Å². The molecule has 88 valence electrons. The maximum atomic E-state index is 5.89. The van der Waals surface area contributed by atoms with E-state index in [4.69, 9.17) is 11.6 Å². The molecule has 0 aliphatic rings. The predicted molar refractivity (Wildman–Crippen MR) is 76.9 cm³/mol. The molecule has 0 aliphatic heterocycles. The van der Waals surface area contributed by atoms with E-state index in [1.54, 1.807) is 0 Å². The first-order valence-corrected chi connectivity index (χ1v) is 6.73. The summed E-state index contributed by atoms with van der Waals surface area (Å²) in [6.07, 6.45) is 1.42. The molecule has 0 saturated heterocycles. The van der Waals surface area contributed by atoms with E-state index in [-0.39, 0.29) is 0 Å². The number of benzene rings is 1. The summed E-state index contributed by atoms with van der Waals surface area (Å²) in [6.45, 7) is 2.03. The maximum Gasteiger partial charge on any atom is 0.149 e. The van der Waals surface area contributed by atoms with Crippen LogP contribution >= 0.6 is 43.5 Å². The molecule has 3 nitrogen and oxygen atoms in total. The van der Waals surface area contributed by atoms with Gasteiger partial charge in [0.05, 0.1) is 4.47 Å². The largest absolute Gasteiger partial charge is 0.339 e. The summed E-state index contributed by atoms with van der Waals surface area (Å²) in [5.74, 6) is 0.645. The Hall–Kier alpha value is -0.650. The van der Waals surface area contributed by atoms with Crippen molar-refractivity contribution < 1.29 is 0 Å². The topological polar surface area (TPSA) is 37.8 Å². The normalized spacial score (nSPS) is 10.4. The number of nitrogens with one attached hydrogen (secondary N) is 1. The highest BCUT2D eigenvalue weighted by molar-refractivity contribution is 9.11. The standard InChI is InChI=1S/C11H8Br2ClN3/c1-6-4-7(2-3-8(6)12)17-11-9(13)10(14)15-5-16-11/h2-5H,1H3,(H,15,16,17). The summed E-state index contributed by atoms with van der Waals surface area (Å²) in [5, 5.41) is 3.56. The van der Waals surface area contributed by atoms with Gasteiger partial charge < -0.3 is 5.32 Å². The minimum absolute atomic E-state index is 0.385.